The topological polar surface area (TPSA) is 93.9 Å². The van der Waals surface area contributed by atoms with E-state index in [9.17, 15) is 4.79 Å². The minimum atomic E-state index is -0.386. The molecule has 0 aliphatic carbocycles. The van der Waals surface area contributed by atoms with E-state index in [4.69, 9.17) is 5.26 Å². The van der Waals surface area contributed by atoms with Crippen molar-refractivity contribution in [3.63, 3.8) is 0 Å². The van der Waals surface area contributed by atoms with Gasteiger partial charge in [-0.25, -0.2) is 0 Å². The third-order valence-corrected chi connectivity index (χ3v) is 4.42. The number of carbonyl (C=O) groups is 1. The molecule has 0 aliphatic rings. The van der Waals surface area contributed by atoms with E-state index in [-0.39, 0.29) is 11.6 Å². The van der Waals surface area contributed by atoms with Crippen molar-refractivity contribution in [1.82, 2.24) is 10.2 Å². The Kier molecular flexibility index (Phi) is 6.38. The number of hydrogen-bond donors (Lipinski definition) is 2. The van der Waals surface area contributed by atoms with Gasteiger partial charge in [0.1, 0.15) is 0 Å². The summed E-state index contributed by atoms with van der Waals surface area (Å²) in [5, 5.41) is 22.9. The second kappa shape index (κ2) is 9.33. The van der Waals surface area contributed by atoms with E-state index in [0.717, 1.165) is 18.8 Å². The maximum absolute atomic E-state index is 12.3. The molecule has 3 rings (SSSR count). The molecule has 29 heavy (non-hydrogen) atoms. The molecule has 0 radical (unpaired) electrons. The monoisotopic (exact) mass is 386 g/mol. The van der Waals surface area contributed by atoms with Crippen molar-refractivity contribution >= 4 is 28.8 Å². The molecule has 0 atom stereocenters. The first-order valence-corrected chi connectivity index (χ1v) is 9.40. The average molecular weight is 386 g/mol. The Labute approximate surface area is 170 Å². The lowest BCUT2D eigenvalue weighted by atomic mass is 10.2. The zero-order valence-corrected chi connectivity index (χ0v) is 16.4. The first kappa shape index (κ1) is 19.8. The fraction of sp³-hybridized carbons (Fsp3) is 0.182. The smallest absolute Gasteiger partial charge is 0.276 e. The largest absolute Gasteiger partial charge is 0.372 e. The van der Waals surface area contributed by atoms with Crippen molar-refractivity contribution in [2.75, 3.05) is 28.6 Å². The maximum atomic E-state index is 12.3. The van der Waals surface area contributed by atoms with Crippen molar-refractivity contribution < 1.29 is 4.79 Å². The molecule has 1 heterocycles. The number of nitrogens with one attached hydrogen (secondary N) is 2. The SMILES string of the molecule is CCN(CC)c1ccc(Nc2ccc(C(=O)Nc3cccc(C#N)c3)nn2)cc1. The summed E-state index contributed by atoms with van der Waals surface area (Å²) in [5.74, 6) is 0.159. The highest BCUT2D eigenvalue weighted by molar-refractivity contribution is 6.02. The van der Waals surface area contributed by atoms with Crippen LogP contribution < -0.4 is 15.5 Å². The minimum Gasteiger partial charge on any atom is -0.372 e. The number of carbonyl (C=O) groups excluding carboxylic acids is 1. The predicted molar refractivity (Wildman–Crippen MR) is 114 cm³/mol. The molecule has 0 saturated carbocycles. The third-order valence-electron chi connectivity index (χ3n) is 4.42. The first-order chi connectivity index (χ1) is 14.1. The average Bonchev–Trinajstić information content (AvgIpc) is 2.76. The van der Waals surface area contributed by atoms with Crippen LogP contribution in [0.2, 0.25) is 0 Å². The lowest BCUT2D eigenvalue weighted by Gasteiger charge is -2.21. The van der Waals surface area contributed by atoms with E-state index in [1.165, 1.54) is 5.69 Å². The van der Waals surface area contributed by atoms with Crippen molar-refractivity contribution in [1.29, 1.82) is 5.26 Å². The maximum Gasteiger partial charge on any atom is 0.276 e. The number of aromatic nitrogens is 2. The van der Waals surface area contributed by atoms with Gasteiger partial charge in [0.15, 0.2) is 11.5 Å². The highest BCUT2D eigenvalue weighted by Gasteiger charge is 2.09. The van der Waals surface area contributed by atoms with Crippen molar-refractivity contribution in [3.8, 4) is 6.07 Å². The van der Waals surface area contributed by atoms with Gasteiger partial charge in [-0.2, -0.15) is 5.26 Å². The second-order valence-electron chi connectivity index (χ2n) is 6.29. The van der Waals surface area contributed by atoms with Crippen LogP contribution in [0.4, 0.5) is 22.9 Å². The summed E-state index contributed by atoms with van der Waals surface area (Å²) in [6, 6.07) is 20.1. The van der Waals surface area contributed by atoms with Crippen LogP contribution in [0.25, 0.3) is 0 Å². The van der Waals surface area contributed by atoms with E-state index < -0.39 is 0 Å². The third kappa shape index (κ3) is 5.08. The van der Waals surface area contributed by atoms with E-state index in [0.29, 0.717) is 17.1 Å². The standard InChI is InChI=1S/C22H22N6O/c1-3-28(4-2)19-10-8-17(9-11-19)24-21-13-12-20(26-27-21)22(29)25-18-7-5-6-16(14-18)15-23/h5-14H,3-4H2,1-2H3,(H,24,27)(H,25,29). The summed E-state index contributed by atoms with van der Waals surface area (Å²) >= 11 is 0. The first-order valence-electron chi connectivity index (χ1n) is 9.40. The van der Waals surface area contributed by atoms with Gasteiger partial charge in [0.25, 0.3) is 5.91 Å². The van der Waals surface area contributed by atoms with Gasteiger partial charge in [0, 0.05) is 30.2 Å². The summed E-state index contributed by atoms with van der Waals surface area (Å²) in [7, 11) is 0. The van der Waals surface area contributed by atoms with Gasteiger partial charge in [0.2, 0.25) is 0 Å². The Morgan fingerprint density at radius 1 is 1.00 bits per heavy atom. The van der Waals surface area contributed by atoms with E-state index >= 15 is 0 Å². The highest BCUT2D eigenvalue weighted by atomic mass is 16.1. The van der Waals surface area contributed by atoms with Gasteiger partial charge < -0.3 is 15.5 Å². The molecule has 7 nitrogen and oxygen atoms in total. The van der Waals surface area contributed by atoms with Gasteiger partial charge in [-0.15, -0.1) is 10.2 Å². The van der Waals surface area contributed by atoms with Crippen molar-refractivity contribution in [2.24, 2.45) is 0 Å². The Morgan fingerprint density at radius 3 is 2.38 bits per heavy atom. The number of anilines is 4. The molecular formula is C22H22N6O. The van der Waals surface area contributed by atoms with E-state index in [1.54, 1.807) is 36.4 Å². The fourth-order valence-electron chi connectivity index (χ4n) is 2.87. The molecule has 2 N–H and O–H groups in total. The second-order valence-corrected chi connectivity index (χ2v) is 6.29. The van der Waals surface area contributed by atoms with E-state index in [2.05, 4.69) is 51.7 Å². The number of nitriles is 1. The Morgan fingerprint density at radius 2 is 1.76 bits per heavy atom. The molecule has 7 heteroatoms. The molecule has 1 aromatic heterocycles. The fourth-order valence-corrected chi connectivity index (χ4v) is 2.87. The van der Waals surface area contributed by atoms with Crippen molar-refractivity contribution in [3.05, 3.63) is 71.9 Å². The molecule has 2 aromatic carbocycles. The van der Waals surface area contributed by atoms with Crippen LogP contribution in [-0.4, -0.2) is 29.2 Å². The zero-order chi connectivity index (χ0) is 20.6. The summed E-state index contributed by atoms with van der Waals surface area (Å²) in [6.45, 7) is 6.17. The van der Waals surface area contributed by atoms with Crippen molar-refractivity contribution in [2.45, 2.75) is 13.8 Å². The summed E-state index contributed by atoms with van der Waals surface area (Å²) < 4.78 is 0. The van der Waals surface area contributed by atoms with Crippen LogP contribution in [0.3, 0.4) is 0 Å². The quantitative estimate of drug-likeness (QED) is 0.632. The van der Waals surface area contributed by atoms with Gasteiger partial charge in [-0.05, 0) is 68.4 Å². The Balaban J connectivity index is 1.64. The number of benzene rings is 2. The minimum absolute atomic E-state index is 0.190. The summed E-state index contributed by atoms with van der Waals surface area (Å²) in [6.07, 6.45) is 0. The van der Waals surface area contributed by atoms with Gasteiger partial charge in [0.05, 0.1) is 11.6 Å². The van der Waals surface area contributed by atoms with Crippen LogP contribution in [0, 0.1) is 11.3 Å². The van der Waals surface area contributed by atoms with Crippen LogP contribution in [0.1, 0.15) is 29.9 Å². The Bertz CT molecular complexity index is 1000. The molecule has 3 aromatic rings. The zero-order valence-electron chi connectivity index (χ0n) is 16.4. The molecule has 0 unspecified atom stereocenters. The number of rotatable bonds is 7. The molecule has 0 spiro atoms. The van der Waals surface area contributed by atoms with E-state index in [1.807, 2.05) is 18.2 Å². The van der Waals surface area contributed by atoms with Crippen LogP contribution in [-0.2, 0) is 0 Å². The highest BCUT2D eigenvalue weighted by Crippen LogP contribution is 2.20. The molecule has 0 bridgehead atoms. The number of amides is 1. The van der Waals surface area contributed by atoms with Gasteiger partial charge in [-0.3, -0.25) is 4.79 Å². The predicted octanol–water partition coefficient (Wildman–Crippen LogP) is 4.19. The normalized spacial score (nSPS) is 10.1. The van der Waals surface area contributed by atoms with Crippen LogP contribution in [0.5, 0.6) is 0 Å². The summed E-state index contributed by atoms with van der Waals surface area (Å²) in [4.78, 5) is 14.6. The van der Waals surface area contributed by atoms with Gasteiger partial charge >= 0.3 is 0 Å². The molecule has 1 amide bonds. The lowest BCUT2D eigenvalue weighted by molar-refractivity contribution is 0.102. The lowest BCUT2D eigenvalue weighted by Crippen LogP contribution is -2.21. The summed E-state index contributed by atoms with van der Waals surface area (Å²) in [5.41, 5.74) is 3.25. The molecular weight excluding hydrogens is 364 g/mol. The van der Waals surface area contributed by atoms with Gasteiger partial charge in [-0.1, -0.05) is 6.07 Å². The van der Waals surface area contributed by atoms with Crippen LogP contribution >= 0.6 is 0 Å². The number of nitrogens with zero attached hydrogens (tertiary/aromatic N) is 4. The Hall–Kier alpha value is -3.92. The molecule has 0 aliphatic heterocycles. The molecule has 0 fully saturated rings. The molecule has 146 valence electrons. The van der Waals surface area contributed by atoms with Crippen LogP contribution in [0.15, 0.2) is 60.7 Å². The molecule has 0 saturated heterocycles. The number of hydrogen-bond acceptors (Lipinski definition) is 6.